The van der Waals surface area contributed by atoms with Crippen LogP contribution in [-0.4, -0.2) is 19.6 Å². The highest BCUT2D eigenvalue weighted by atomic mass is 19.2. The lowest BCUT2D eigenvalue weighted by molar-refractivity contribution is 0.508. The van der Waals surface area contributed by atoms with Gasteiger partial charge in [-0.3, -0.25) is 4.98 Å². The minimum atomic E-state index is -0.897. The average molecular weight is 322 g/mol. The van der Waals surface area contributed by atoms with Crippen molar-refractivity contribution in [2.24, 2.45) is 0 Å². The Morgan fingerprint density at radius 1 is 0.958 bits per heavy atom. The molecule has 4 nitrogen and oxygen atoms in total. The molecule has 0 fully saturated rings. The summed E-state index contributed by atoms with van der Waals surface area (Å²) < 4.78 is 28.8. The van der Waals surface area contributed by atoms with Gasteiger partial charge >= 0.3 is 0 Å². The zero-order valence-corrected chi connectivity index (χ0v) is 12.7. The van der Waals surface area contributed by atoms with Gasteiger partial charge in [-0.25, -0.2) is 18.3 Å². The van der Waals surface area contributed by atoms with Crippen LogP contribution in [0.15, 0.2) is 55.0 Å². The molecule has 0 aliphatic heterocycles. The predicted molar refractivity (Wildman–Crippen MR) is 86.3 cm³/mol. The summed E-state index contributed by atoms with van der Waals surface area (Å²) in [4.78, 5) is 8.93. The number of benzene rings is 1. The molecule has 0 aliphatic carbocycles. The van der Waals surface area contributed by atoms with E-state index in [1.54, 1.807) is 42.2 Å². The molecule has 4 aromatic rings. The maximum Gasteiger partial charge on any atom is 0.159 e. The fourth-order valence-corrected chi connectivity index (χ4v) is 2.69. The number of nitrogens with zero attached hydrogens (tertiary/aromatic N) is 4. The topological polar surface area (TPSA) is 43.1 Å². The Morgan fingerprint density at radius 3 is 2.67 bits per heavy atom. The zero-order valence-electron chi connectivity index (χ0n) is 12.7. The number of hydrogen-bond acceptors (Lipinski definition) is 3. The third kappa shape index (κ3) is 2.32. The van der Waals surface area contributed by atoms with Gasteiger partial charge in [0.05, 0.1) is 17.6 Å². The summed E-state index contributed by atoms with van der Waals surface area (Å²) in [6.45, 7) is 1.73. The first-order chi connectivity index (χ1) is 11.6. The normalized spacial score (nSPS) is 11.1. The Labute approximate surface area is 136 Å². The Kier molecular flexibility index (Phi) is 3.30. The number of aryl methyl sites for hydroxylation is 1. The van der Waals surface area contributed by atoms with Crippen molar-refractivity contribution < 1.29 is 8.78 Å². The lowest BCUT2D eigenvalue weighted by atomic mass is 9.99. The van der Waals surface area contributed by atoms with E-state index in [0.29, 0.717) is 28.2 Å². The van der Waals surface area contributed by atoms with Gasteiger partial charge in [0.15, 0.2) is 17.3 Å². The van der Waals surface area contributed by atoms with Crippen LogP contribution >= 0.6 is 0 Å². The van der Waals surface area contributed by atoms with Crippen molar-refractivity contribution in [3.8, 4) is 22.5 Å². The standard InChI is InChI=1S/C18H12F2N4/c1-11-9-14(19)15(20)10-13(11)18-12(3-2-6-21-18)16-5-8-24-17(23-16)4-7-22-24/h2-10H,1H3. The minimum Gasteiger partial charge on any atom is -0.256 e. The number of pyridine rings is 1. The molecule has 3 aromatic heterocycles. The molecular formula is C18H12F2N4. The maximum atomic E-state index is 13.7. The van der Waals surface area contributed by atoms with E-state index in [4.69, 9.17) is 0 Å². The number of hydrogen-bond donors (Lipinski definition) is 0. The first kappa shape index (κ1) is 14.4. The van der Waals surface area contributed by atoms with Crippen LogP contribution in [0.1, 0.15) is 5.56 Å². The Morgan fingerprint density at radius 2 is 1.79 bits per heavy atom. The molecule has 0 bridgehead atoms. The van der Waals surface area contributed by atoms with Gasteiger partial charge in [-0.1, -0.05) is 0 Å². The molecule has 1 aromatic carbocycles. The lowest BCUT2D eigenvalue weighted by Gasteiger charge is -2.11. The molecular weight excluding hydrogens is 310 g/mol. The van der Waals surface area contributed by atoms with Crippen molar-refractivity contribution >= 4 is 5.65 Å². The second kappa shape index (κ2) is 5.49. The van der Waals surface area contributed by atoms with Crippen molar-refractivity contribution in [3.05, 3.63) is 72.2 Å². The largest absolute Gasteiger partial charge is 0.256 e. The predicted octanol–water partition coefficient (Wildman–Crippen LogP) is 4.04. The van der Waals surface area contributed by atoms with Gasteiger partial charge in [0, 0.05) is 29.6 Å². The summed E-state index contributed by atoms with van der Waals surface area (Å²) in [6, 6.07) is 9.61. The van der Waals surface area contributed by atoms with Gasteiger partial charge in [-0.2, -0.15) is 5.10 Å². The smallest absolute Gasteiger partial charge is 0.159 e. The first-order valence-electron chi connectivity index (χ1n) is 7.35. The fraction of sp³-hybridized carbons (Fsp3) is 0.0556. The molecule has 0 aliphatic rings. The number of rotatable bonds is 2. The van der Waals surface area contributed by atoms with Crippen LogP contribution in [-0.2, 0) is 0 Å². The number of aromatic nitrogens is 4. The van der Waals surface area contributed by atoms with E-state index < -0.39 is 11.6 Å². The van der Waals surface area contributed by atoms with Crippen LogP contribution in [0, 0.1) is 18.6 Å². The van der Waals surface area contributed by atoms with E-state index in [1.807, 2.05) is 12.1 Å². The van der Waals surface area contributed by atoms with E-state index in [0.717, 1.165) is 5.56 Å². The zero-order chi connectivity index (χ0) is 16.7. The van der Waals surface area contributed by atoms with Crippen molar-refractivity contribution in [2.75, 3.05) is 0 Å². The van der Waals surface area contributed by atoms with Crippen molar-refractivity contribution in [1.82, 2.24) is 19.6 Å². The summed E-state index contributed by atoms with van der Waals surface area (Å²) in [6.07, 6.45) is 5.08. The van der Waals surface area contributed by atoms with Crippen LogP contribution in [0.5, 0.6) is 0 Å². The van der Waals surface area contributed by atoms with Gasteiger partial charge < -0.3 is 0 Å². The van der Waals surface area contributed by atoms with Crippen LogP contribution in [0.3, 0.4) is 0 Å². The lowest BCUT2D eigenvalue weighted by Crippen LogP contribution is -1.97. The summed E-state index contributed by atoms with van der Waals surface area (Å²) in [5, 5.41) is 4.12. The van der Waals surface area contributed by atoms with Gasteiger partial charge in [-0.15, -0.1) is 0 Å². The third-order valence-electron chi connectivity index (χ3n) is 3.86. The van der Waals surface area contributed by atoms with E-state index in [2.05, 4.69) is 15.1 Å². The average Bonchev–Trinajstić information content (AvgIpc) is 3.06. The summed E-state index contributed by atoms with van der Waals surface area (Å²) in [5.74, 6) is -1.76. The molecule has 24 heavy (non-hydrogen) atoms. The Hall–Kier alpha value is -3.15. The van der Waals surface area contributed by atoms with Gasteiger partial charge in [-0.05, 0) is 42.8 Å². The molecule has 4 rings (SSSR count). The SMILES string of the molecule is Cc1cc(F)c(F)cc1-c1ncccc1-c1ccn2nccc2n1. The van der Waals surface area contributed by atoms with E-state index in [1.165, 1.54) is 12.1 Å². The Balaban J connectivity index is 1.94. The Bertz CT molecular complexity index is 1060. The summed E-state index contributed by atoms with van der Waals surface area (Å²) >= 11 is 0. The molecule has 0 unspecified atom stereocenters. The van der Waals surface area contributed by atoms with Crippen molar-refractivity contribution in [3.63, 3.8) is 0 Å². The second-order valence-corrected chi connectivity index (χ2v) is 5.43. The summed E-state index contributed by atoms with van der Waals surface area (Å²) in [5.41, 5.74) is 3.85. The molecule has 0 saturated carbocycles. The van der Waals surface area contributed by atoms with E-state index in [-0.39, 0.29) is 0 Å². The van der Waals surface area contributed by atoms with Crippen molar-refractivity contribution in [1.29, 1.82) is 0 Å². The molecule has 0 spiro atoms. The quantitative estimate of drug-likeness (QED) is 0.559. The number of fused-ring (bicyclic) bond motifs is 1. The van der Waals surface area contributed by atoms with Crippen LogP contribution in [0.2, 0.25) is 0 Å². The minimum absolute atomic E-state index is 0.541. The highest BCUT2D eigenvalue weighted by Crippen LogP contribution is 2.32. The van der Waals surface area contributed by atoms with Gasteiger partial charge in [0.1, 0.15) is 0 Å². The second-order valence-electron chi connectivity index (χ2n) is 5.43. The van der Waals surface area contributed by atoms with E-state index >= 15 is 0 Å². The molecule has 0 amide bonds. The fourth-order valence-electron chi connectivity index (χ4n) is 2.69. The maximum absolute atomic E-state index is 13.7. The van der Waals surface area contributed by atoms with Gasteiger partial charge in [0.2, 0.25) is 0 Å². The van der Waals surface area contributed by atoms with Gasteiger partial charge in [0.25, 0.3) is 0 Å². The number of halogens is 2. The van der Waals surface area contributed by atoms with Crippen molar-refractivity contribution in [2.45, 2.75) is 6.92 Å². The molecule has 118 valence electrons. The highest BCUT2D eigenvalue weighted by molar-refractivity contribution is 5.80. The monoisotopic (exact) mass is 322 g/mol. The molecule has 0 saturated heterocycles. The molecule has 0 atom stereocenters. The molecule has 3 heterocycles. The van der Waals surface area contributed by atoms with Crippen LogP contribution in [0.4, 0.5) is 8.78 Å². The highest BCUT2D eigenvalue weighted by Gasteiger charge is 2.15. The first-order valence-corrected chi connectivity index (χ1v) is 7.35. The molecule has 6 heteroatoms. The third-order valence-corrected chi connectivity index (χ3v) is 3.86. The van der Waals surface area contributed by atoms with E-state index in [9.17, 15) is 8.78 Å². The summed E-state index contributed by atoms with van der Waals surface area (Å²) in [7, 11) is 0. The van der Waals surface area contributed by atoms with Crippen LogP contribution < -0.4 is 0 Å². The molecule has 0 radical (unpaired) electrons. The molecule has 0 N–H and O–H groups in total. The van der Waals surface area contributed by atoms with Crippen LogP contribution in [0.25, 0.3) is 28.2 Å².